The molecule has 0 aliphatic heterocycles. The monoisotopic (exact) mass is 446 g/mol. The largest absolute Gasteiger partial charge is 0.485 e. The first-order valence-electron chi connectivity index (χ1n) is 3.04. The molecule has 0 saturated carbocycles. The number of phosphoric ester groups is 1. The molecule has 0 N–H and O–H groups in total. The van der Waals surface area contributed by atoms with Crippen molar-refractivity contribution in [2.24, 2.45) is 0 Å². The molecule has 104 valence electrons. The summed E-state index contributed by atoms with van der Waals surface area (Å²) in [5.74, 6) is 0. The van der Waals surface area contributed by atoms with E-state index < -0.39 is 19.8 Å². The molecule has 0 aromatic carbocycles. The zero-order chi connectivity index (χ0) is 14.1. The van der Waals surface area contributed by atoms with Gasteiger partial charge in [-0.25, -0.2) is 18.1 Å². The SMILES string of the molecule is O=P(OC(Cl)(Cl)Cl)(OC(Cl)(Cl)Cl)OC(Cl)(Cl)Cl. The Labute approximate surface area is 141 Å². The van der Waals surface area contributed by atoms with Crippen molar-refractivity contribution in [3.63, 3.8) is 0 Å². The Morgan fingerprint density at radius 1 is 0.588 bits per heavy atom. The van der Waals surface area contributed by atoms with Crippen LogP contribution in [0.2, 0.25) is 0 Å². The number of hydrogen-bond acceptors (Lipinski definition) is 4. The van der Waals surface area contributed by atoms with Crippen LogP contribution in [0.1, 0.15) is 0 Å². The number of phosphoric acid groups is 1. The lowest BCUT2D eigenvalue weighted by Gasteiger charge is -2.26. The van der Waals surface area contributed by atoms with Gasteiger partial charge in [0, 0.05) is 0 Å². The summed E-state index contributed by atoms with van der Waals surface area (Å²) >= 11 is 46.7. The standard InChI is InChI=1S/C3Cl9O4P/c4-1(5,6)14-17(13,15-2(7,8)9)16-3(10,11)12. The predicted molar refractivity (Wildman–Crippen MR) is 71.7 cm³/mol. The molecular weight excluding hydrogens is 450 g/mol. The summed E-state index contributed by atoms with van der Waals surface area (Å²) in [6.07, 6.45) is 0. The molecule has 4 nitrogen and oxygen atoms in total. The Bertz CT molecular complexity index is 253. The topological polar surface area (TPSA) is 44.8 Å². The van der Waals surface area contributed by atoms with Crippen molar-refractivity contribution in [1.29, 1.82) is 0 Å². The lowest BCUT2D eigenvalue weighted by Crippen LogP contribution is -2.19. The van der Waals surface area contributed by atoms with Crippen molar-refractivity contribution >= 4 is 112 Å². The highest BCUT2D eigenvalue weighted by atomic mass is 35.6. The van der Waals surface area contributed by atoms with Gasteiger partial charge < -0.3 is 0 Å². The van der Waals surface area contributed by atoms with Gasteiger partial charge in [-0.15, -0.1) is 0 Å². The van der Waals surface area contributed by atoms with Crippen LogP contribution in [-0.2, 0) is 18.1 Å². The van der Waals surface area contributed by atoms with E-state index in [-0.39, 0.29) is 0 Å². The van der Waals surface area contributed by atoms with Crippen LogP contribution >= 0.6 is 112 Å². The molecular formula is C3Cl9O4P. The molecule has 0 fully saturated rings. The van der Waals surface area contributed by atoms with E-state index in [9.17, 15) is 4.57 Å². The highest BCUT2D eigenvalue weighted by molar-refractivity contribution is 7.49. The molecule has 0 spiro atoms. The zero-order valence-electron chi connectivity index (χ0n) is 6.98. The van der Waals surface area contributed by atoms with Gasteiger partial charge in [0.25, 0.3) is 0 Å². The maximum Gasteiger partial charge on any atom is 0.485 e. The Hall–Kier alpha value is 2.72. The van der Waals surface area contributed by atoms with Crippen LogP contribution in [0.3, 0.4) is 0 Å². The van der Waals surface area contributed by atoms with E-state index in [0.717, 1.165) is 0 Å². The van der Waals surface area contributed by atoms with Crippen molar-refractivity contribution in [1.82, 2.24) is 0 Å². The van der Waals surface area contributed by atoms with Gasteiger partial charge in [-0.2, -0.15) is 0 Å². The summed E-state index contributed by atoms with van der Waals surface area (Å²) in [5.41, 5.74) is 0. The van der Waals surface area contributed by atoms with Crippen LogP contribution in [0, 0.1) is 0 Å². The van der Waals surface area contributed by atoms with Crippen LogP contribution in [-0.4, -0.2) is 11.9 Å². The summed E-state index contributed by atoms with van der Waals surface area (Å²) in [6, 6.07) is 0. The van der Waals surface area contributed by atoms with Gasteiger partial charge >= 0.3 is 19.8 Å². The Balaban J connectivity index is 5.03. The van der Waals surface area contributed by atoms with Crippen LogP contribution in [0.15, 0.2) is 0 Å². The van der Waals surface area contributed by atoms with E-state index in [1.165, 1.54) is 0 Å². The first kappa shape index (κ1) is 19.7. The maximum absolute atomic E-state index is 11.8. The quantitative estimate of drug-likeness (QED) is 0.384. The molecule has 0 aromatic heterocycles. The van der Waals surface area contributed by atoms with Gasteiger partial charge in [0.1, 0.15) is 0 Å². The minimum atomic E-state index is -4.77. The van der Waals surface area contributed by atoms with Gasteiger partial charge in [0.05, 0.1) is 0 Å². The Morgan fingerprint density at radius 3 is 0.882 bits per heavy atom. The number of hydrogen-bond donors (Lipinski definition) is 0. The van der Waals surface area contributed by atoms with Crippen molar-refractivity contribution in [3.8, 4) is 0 Å². The molecule has 0 atom stereocenters. The fourth-order valence-electron chi connectivity index (χ4n) is 0.436. The first-order chi connectivity index (χ1) is 7.12. The molecule has 0 aliphatic rings. The molecule has 0 saturated heterocycles. The molecule has 0 aliphatic carbocycles. The summed E-state index contributed by atoms with van der Waals surface area (Å²) in [4.78, 5) is 0. The minimum Gasteiger partial charge on any atom is -0.234 e. The molecule has 0 rings (SSSR count). The number of rotatable bonds is 3. The Morgan fingerprint density at radius 2 is 0.765 bits per heavy atom. The van der Waals surface area contributed by atoms with Gasteiger partial charge in [-0.1, -0.05) is 104 Å². The second kappa shape index (κ2) is 6.65. The third kappa shape index (κ3) is 12.2. The molecule has 17 heavy (non-hydrogen) atoms. The van der Waals surface area contributed by atoms with E-state index in [1.807, 2.05) is 0 Å². The molecule has 0 amide bonds. The molecule has 0 aromatic rings. The highest BCUT2D eigenvalue weighted by Crippen LogP contribution is 2.63. The summed E-state index contributed by atoms with van der Waals surface area (Å²) in [6.45, 7) is 0. The summed E-state index contributed by atoms with van der Waals surface area (Å²) < 4.78 is 17.1. The lowest BCUT2D eigenvalue weighted by molar-refractivity contribution is 0.108. The highest BCUT2D eigenvalue weighted by Gasteiger charge is 2.48. The third-order valence-corrected chi connectivity index (χ3v) is 3.80. The smallest absolute Gasteiger partial charge is 0.234 e. The van der Waals surface area contributed by atoms with E-state index in [1.54, 1.807) is 0 Å². The van der Waals surface area contributed by atoms with Gasteiger partial charge in [-0.3, -0.25) is 0 Å². The van der Waals surface area contributed by atoms with Gasteiger partial charge in [0.2, 0.25) is 0 Å². The van der Waals surface area contributed by atoms with Gasteiger partial charge in [-0.05, 0) is 0 Å². The van der Waals surface area contributed by atoms with E-state index in [2.05, 4.69) is 13.6 Å². The fraction of sp³-hybridized carbons (Fsp3) is 1.00. The van der Waals surface area contributed by atoms with E-state index in [4.69, 9.17) is 104 Å². The normalized spacial score (nSPS) is 15.1. The Kier molecular flexibility index (Phi) is 7.72. The average molecular weight is 450 g/mol. The van der Waals surface area contributed by atoms with Crippen molar-refractivity contribution in [2.45, 2.75) is 11.9 Å². The van der Waals surface area contributed by atoms with Crippen LogP contribution in [0.5, 0.6) is 0 Å². The number of halogens is 9. The van der Waals surface area contributed by atoms with Gasteiger partial charge in [0.15, 0.2) is 0 Å². The summed E-state index contributed by atoms with van der Waals surface area (Å²) in [7, 11) is -4.77. The molecule has 0 heterocycles. The molecule has 14 heteroatoms. The molecule has 0 bridgehead atoms. The maximum atomic E-state index is 11.8. The molecule has 0 radical (unpaired) electrons. The fourth-order valence-corrected chi connectivity index (χ4v) is 3.59. The van der Waals surface area contributed by atoms with Crippen LogP contribution in [0.4, 0.5) is 0 Å². The zero-order valence-corrected chi connectivity index (χ0v) is 14.7. The van der Waals surface area contributed by atoms with Crippen molar-refractivity contribution in [2.75, 3.05) is 0 Å². The minimum absolute atomic E-state index is 2.53. The summed E-state index contributed by atoms with van der Waals surface area (Å²) in [5, 5.41) is 0. The number of alkyl halides is 9. The second-order valence-electron chi connectivity index (χ2n) is 2.06. The second-order valence-corrected chi connectivity index (χ2v) is 10.0. The van der Waals surface area contributed by atoms with Crippen LogP contribution in [0.25, 0.3) is 0 Å². The van der Waals surface area contributed by atoms with E-state index >= 15 is 0 Å². The van der Waals surface area contributed by atoms with Crippen molar-refractivity contribution < 1.29 is 18.1 Å². The van der Waals surface area contributed by atoms with Crippen LogP contribution < -0.4 is 0 Å². The first-order valence-corrected chi connectivity index (χ1v) is 7.91. The van der Waals surface area contributed by atoms with Crippen molar-refractivity contribution in [3.05, 3.63) is 0 Å². The third-order valence-electron chi connectivity index (χ3n) is 0.646. The predicted octanol–water partition coefficient (Wildman–Crippen LogP) is 6.13. The van der Waals surface area contributed by atoms with E-state index in [0.29, 0.717) is 0 Å². The lowest BCUT2D eigenvalue weighted by atomic mass is 11.6. The molecule has 0 unspecified atom stereocenters. The average Bonchev–Trinajstić information content (AvgIpc) is 1.65.